The fourth-order valence-corrected chi connectivity index (χ4v) is 3.40. The van der Waals surface area contributed by atoms with E-state index in [1.807, 2.05) is 0 Å². The molecule has 2 atom stereocenters. The molecule has 124 valence electrons. The minimum atomic E-state index is -1.05. The summed E-state index contributed by atoms with van der Waals surface area (Å²) in [5, 5.41) is 10.5. The van der Waals surface area contributed by atoms with Crippen LogP contribution in [0.1, 0.15) is 27.7 Å². The van der Waals surface area contributed by atoms with Gasteiger partial charge in [-0.25, -0.2) is 0 Å². The van der Waals surface area contributed by atoms with Crippen LogP contribution in [0.4, 0.5) is 11.4 Å². The number of anilines is 2. The zero-order chi connectivity index (χ0) is 17.4. The number of carboxylic acids is 1. The maximum Gasteiger partial charge on any atom is 0.316 e. The maximum absolute atomic E-state index is 12.9. The van der Waals surface area contributed by atoms with Crippen molar-refractivity contribution in [2.75, 3.05) is 10.2 Å². The molecular weight excluding hydrogens is 316 g/mol. The van der Waals surface area contributed by atoms with Gasteiger partial charge in [0.15, 0.2) is 0 Å². The monoisotopic (exact) mass is 336 g/mol. The van der Waals surface area contributed by atoms with Crippen LogP contribution in [0.15, 0.2) is 24.3 Å². The highest BCUT2D eigenvalue weighted by Crippen LogP contribution is 2.38. The number of carboxylic acid groups (broad SMARTS) is 1. The van der Waals surface area contributed by atoms with Crippen LogP contribution in [0.25, 0.3) is 0 Å². The molecule has 2 amide bonds. The predicted octanol–water partition coefficient (Wildman–Crippen LogP) is 2.35. The topological polar surface area (TPSA) is 86.7 Å². The number of hydrogen-bond donors (Lipinski definition) is 2. The first-order valence-corrected chi connectivity index (χ1v) is 8.23. The lowest BCUT2D eigenvalue weighted by Gasteiger charge is -2.43. The second kappa shape index (κ2) is 6.23. The van der Waals surface area contributed by atoms with E-state index in [4.69, 9.17) is 5.11 Å². The van der Waals surface area contributed by atoms with Crippen molar-refractivity contribution in [2.24, 2.45) is 0 Å². The Bertz CT molecular complexity index is 659. The number of rotatable bonds is 4. The van der Waals surface area contributed by atoms with Crippen LogP contribution in [0.2, 0.25) is 0 Å². The van der Waals surface area contributed by atoms with Gasteiger partial charge in [-0.2, -0.15) is 0 Å². The van der Waals surface area contributed by atoms with Gasteiger partial charge in [0, 0.05) is 0 Å². The van der Waals surface area contributed by atoms with Crippen LogP contribution in [0.3, 0.4) is 0 Å². The molecule has 2 unspecified atom stereocenters. The van der Waals surface area contributed by atoms with E-state index in [9.17, 15) is 14.4 Å². The van der Waals surface area contributed by atoms with E-state index in [2.05, 4.69) is 5.32 Å². The standard InChI is InChI=1S/C16H20N2O4S/c1-9(23-10(2)14(20)21)13(19)18-12-8-6-5-7-11(12)17-15(22)16(18,3)4/h5-10H,1-4H3,(H,17,22)(H,20,21). The van der Waals surface area contributed by atoms with E-state index >= 15 is 0 Å². The van der Waals surface area contributed by atoms with Crippen molar-refractivity contribution in [3.8, 4) is 0 Å². The molecule has 0 radical (unpaired) electrons. The number of para-hydroxylation sites is 2. The van der Waals surface area contributed by atoms with Crippen LogP contribution >= 0.6 is 11.8 Å². The lowest BCUT2D eigenvalue weighted by atomic mass is 9.96. The van der Waals surface area contributed by atoms with Crippen LogP contribution < -0.4 is 10.2 Å². The van der Waals surface area contributed by atoms with Gasteiger partial charge in [-0.05, 0) is 39.8 Å². The molecule has 0 bridgehead atoms. The van der Waals surface area contributed by atoms with Gasteiger partial charge in [-0.15, -0.1) is 11.8 Å². The first-order chi connectivity index (χ1) is 10.7. The summed E-state index contributed by atoms with van der Waals surface area (Å²) in [4.78, 5) is 37.7. The molecule has 6 nitrogen and oxygen atoms in total. The minimum Gasteiger partial charge on any atom is -0.480 e. The average Bonchev–Trinajstić information content (AvgIpc) is 2.47. The third-order valence-corrected chi connectivity index (χ3v) is 5.05. The third kappa shape index (κ3) is 3.19. The molecule has 0 fully saturated rings. The first-order valence-electron chi connectivity index (χ1n) is 7.29. The number of thioether (sulfide) groups is 1. The van der Waals surface area contributed by atoms with E-state index < -0.39 is 22.0 Å². The van der Waals surface area contributed by atoms with Crippen molar-refractivity contribution < 1.29 is 19.5 Å². The summed E-state index contributed by atoms with van der Waals surface area (Å²) in [5.74, 6) is -1.52. The number of carbonyl (C=O) groups excluding carboxylic acids is 2. The molecular formula is C16H20N2O4S. The van der Waals surface area contributed by atoms with Crippen LogP contribution in [-0.4, -0.2) is 38.9 Å². The molecule has 2 N–H and O–H groups in total. The zero-order valence-electron chi connectivity index (χ0n) is 13.5. The molecule has 1 aromatic rings. The number of amides is 2. The number of nitrogens with zero attached hydrogens (tertiary/aromatic N) is 1. The Morgan fingerprint density at radius 1 is 1.22 bits per heavy atom. The summed E-state index contributed by atoms with van der Waals surface area (Å²) < 4.78 is 0. The summed E-state index contributed by atoms with van der Waals surface area (Å²) >= 11 is 1.06. The van der Waals surface area contributed by atoms with Crippen molar-refractivity contribution in [1.82, 2.24) is 0 Å². The summed E-state index contributed by atoms with van der Waals surface area (Å²) in [6.45, 7) is 6.55. The fraction of sp³-hybridized carbons (Fsp3) is 0.438. The number of aliphatic carboxylic acids is 1. The number of hydrogen-bond acceptors (Lipinski definition) is 4. The van der Waals surface area contributed by atoms with E-state index in [0.717, 1.165) is 11.8 Å². The highest BCUT2D eigenvalue weighted by molar-refractivity contribution is 8.01. The minimum absolute atomic E-state index is 0.270. The molecule has 1 aliphatic heterocycles. The van der Waals surface area contributed by atoms with E-state index in [0.29, 0.717) is 11.4 Å². The summed E-state index contributed by atoms with van der Waals surface area (Å²) in [5.41, 5.74) is 0.151. The molecule has 7 heteroatoms. The number of fused-ring (bicyclic) bond motifs is 1. The Labute approximate surface area is 139 Å². The molecule has 1 heterocycles. The van der Waals surface area contributed by atoms with Crippen molar-refractivity contribution in [3.05, 3.63) is 24.3 Å². The first kappa shape index (κ1) is 17.3. The lowest BCUT2D eigenvalue weighted by Crippen LogP contribution is -2.60. The highest BCUT2D eigenvalue weighted by atomic mass is 32.2. The van der Waals surface area contributed by atoms with Crippen LogP contribution in [-0.2, 0) is 14.4 Å². The molecule has 23 heavy (non-hydrogen) atoms. The molecule has 2 rings (SSSR count). The molecule has 0 spiro atoms. The molecule has 0 aliphatic carbocycles. The van der Waals surface area contributed by atoms with Gasteiger partial charge in [-0.3, -0.25) is 19.3 Å². The largest absolute Gasteiger partial charge is 0.480 e. The Morgan fingerprint density at radius 2 is 1.83 bits per heavy atom. The average molecular weight is 336 g/mol. The van der Waals surface area contributed by atoms with Crippen molar-refractivity contribution in [2.45, 2.75) is 43.7 Å². The van der Waals surface area contributed by atoms with Gasteiger partial charge in [0.2, 0.25) is 11.8 Å². The van der Waals surface area contributed by atoms with Gasteiger partial charge >= 0.3 is 5.97 Å². The molecule has 0 aromatic heterocycles. The van der Waals surface area contributed by atoms with E-state index in [-0.39, 0.29) is 11.8 Å². The number of nitrogens with one attached hydrogen (secondary N) is 1. The number of benzene rings is 1. The molecule has 0 saturated carbocycles. The zero-order valence-corrected chi connectivity index (χ0v) is 14.3. The van der Waals surface area contributed by atoms with Crippen molar-refractivity contribution in [1.29, 1.82) is 0 Å². The maximum atomic E-state index is 12.9. The van der Waals surface area contributed by atoms with Gasteiger partial charge in [0.25, 0.3) is 0 Å². The van der Waals surface area contributed by atoms with Crippen molar-refractivity contribution >= 4 is 40.9 Å². The number of carbonyl (C=O) groups is 3. The second-order valence-corrected chi connectivity index (χ2v) is 7.65. The molecule has 1 aromatic carbocycles. The Kier molecular flexibility index (Phi) is 4.70. The smallest absolute Gasteiger partial charge is 0.316 e. The van der Waals surface area contributed by atoms with E-state index in [1.54, 1.807) is 52.0 Å². The quantitative estimate of drug-likeness (QED) is 0.881. The van der Waals surface area contributed by atoms with Gasteiger partial charge < -0.3 is 10.4 Å². The summed E-state index contributed by atoms with van der Waals surface area (Å²) in [6.07, 6.45) is 0. The Hall–Kier alpha value is -2.02. The third-order valence-electron chi connectivity index (χ3n) is 3.83. The normalized spacial score (nSPS) is 18.6. The van der Waals surface area contributed by atoms with Gasteiger partial charge in [-0.1, -0.05) is 12.1 Å². The lowest BCUT2D eigenvalue weighted by molar-refractivity contribution is -0.136. The van der Waals surface area contributed by atoms with Crippen molar-refractivity contribution in [3.63, 3.8) is 0 Å². The van der Waals surface area contributed by atoms with Gasteiger partial charge in [0.1, 0.15) is 10.8 Å². The molecule has 0 saturated heterocycles. The predicted molar refractivity (Wildman–Crippen MR) is 90.8 cm³/mol. The summed E-state index contributed by atoms with van der Waals surface area (Å²) in [7, 11) is 0. The van der Waals surface area contributed by atoms with E-state index in [1.165, 1.54) is 4.90 Å². The second-order valence-electron chi connectivity index (χ2n) is 5.96. The Morgan fingerprint density at radius 3 is 2.43 bits per heavy atom. The van der Waals surface area contributed by atoms with Gasteiger partial charge in [0.05, 0.1) is 16.6 Å². The van der Waals surface area contributed by atoms with Crippen LogP contribution in [0.5, 0.6) is 0 Å². The highest BCUT2D eigenvalue weighted by Gasteiger charge is 2.45. The fourth-order valence-electron chi connectivity index (χ4n) is 2.45. The summed E-state index contributed by atoms with van der Waals surface area (Å²) in [6, 6.07) is 7.09. The SMILES string of the molecule is CC(SC(C)C(=O)N1c2ccccc2NC(=O)C1(C)C)C(=O)O. The van der Waals surface area contributed by atoms with Crippen LogP contribution in [0, 0.1) is 0 Å². The molecule has 1 aliphatic rings. The Balaban J connectivity index is 2.37.